The monoisotopic (exact) mass is 357 g/mol. The van der Waals surface area contributed by atoms with Crippen LogP contribution in [0.5, 0.6) is 0 Å². The summed E-state index contributed by atoms with van der Waals surface area (Å²) in [6.45, 7) is 7.09. The molecule has 0 aromatic heterocycles. The molecule has 0 aliphatic heterocycles. The standard InChI is InChI=1S/C16H27N3O4S/c1-13(2)12-18(14(3)6-5-11-17-4)24(22,23)16-9-7-15(8-10-16)19(20)21/h7-10,13-14,17H,5-6,11-12H2,1-4H3/t14-/m1/s1. The van der Waals surface area contributed by atoms with Crippen molar-refractivity contribution in [2.45, 2.75) is 44.6 Å². The molecule has 0 saturated heterocycles. The van der Waals surface area contributed by atoms with Gasteiger partial charge in [-0.15, -0.1) is 0 Å². The molecule has 0 amide bonds. The van der Waals surface area contributed by atoms with E-state index < -0.39 is 14.9 Å². The molecule has 0 spiro atoms. The summed E-state index contributed by atoms with van der Waals surface area (Å²) in [7, 11) is -1.82. The third kappa shape index (κ3) is 5.54. The number of sulfonamides is 1. The highest BCUT2D eigenvalue weighted by atomic mass is 32.2. The maximum absolute atomic E-state index is 13.0. The molecule has 136 valence electrons. The zero-order valence-corrected chi connectivity index (χ0v) is 15.5. The molecule has 0 aliphatic carbocycles. The van der Waals surface area contributed by atoms with Crippen LogP contribution in [0.3, 0.4) is 0 Å². The van der Waals surface area contributed by atoms with Gasteiger partial charge in [0.05, 0.1) is 9.82 Å². The lowest BCUT2D eigenvalue weighted by Gasteiger charge is -2.30. The summed E-state index contributed by atoms with van der Waals surface area (Å²) in [5.41, 5.74) is -0.119. The number of nitrogens with zero attached hydrogens (tertiary/aromatic N) is 2. The van der Waals surface area contributed by atoms with Gasteiger partial charge in [0.1, 0.15) is 0 Å². The summed E-state index contributed by atoms with van der Waals surface area (Å²) in [6, 6.07) is 4.93. The van der Waals surface area contributed by atoms with Crippen LogP contribution < -0.4 is 5.32 Å². The van der Waals surface area contributed by atoms with Crippen molar-refractivity contribution in [2.75, 3.05) is 20.1 Å². The second-order valence-electron chi connectivity index (χ2n) is 6.31. The summed E-state index contributed by atoms with van der Waals surface area (Å²) in [5.74, 6) is 0.185. The normalized spacial score (nSPS) is 13.4. The van der Waals surface area contributed by atoms with Gasteiger partial charge in [-0.1, -0.05) is 13.8 Å². The minimum Gasteiger partial charge on any atom is -0.320 e. The van der Waals surface area contributed by atoms with E-state index >= 15 is 0 Å². The predicted octanol–water partition coefficient (Wildman–Crippen LogP) is 2.63. The molecule has 8 heteroatoms. The maximum atomic E-state index is 13.0. The fraction of sp³-hybridized carbons (Fsp3) is 0.625. The van der Waals surface area contributed by atoms with E-state index in [0.29, 0.717) is 6.54 Å². The van der Waals surface area contributed by atoms with Crippen molar-refractivity contribution in [3.05, 3.63) is 34.4 Å². The van der Waals surface area contributed by atoms with E-state index in [1.54, 1.807) is 0 Å². The van der Waals surface area contributed by atoms with E-state index in [4.69, 9.17) is 0 Å². The van der Waals surface area contributed by atoms with E-state index in [2.05, 4.69) is 5.32 Å². The van der Waals surface area contributed by atoms with Crippen LogP contribution in [0, 0.1) is 16.0 Å². The Bertz CT molecular complexity index is 629. The van der Waals surface area contributed by atoms with E-state index in [9.17, 15) is 18.5 Å². The number of non-ortho nitro benzene ring substituents is 1. The highest BCUT2D eigenvalue weighted by Gasteiger charge is 2.29. The predicted molar refractivity (Wildman–Crippen MR) is 94.4 cm³/mol. The van der Waals surface area contributed by atoms with Crippen LogP contribution in [-0.4, -0.2) is 43.8 Å². The Balaban J connectivity index is 3.07. The van der Waals surface area contributed by atoms with Crippen LogP contribution in [0.15, 0.2) is 29.2 Å². The Morgan fingerprint density at radius 2 is 1.79 bits per heavy atom. The molecule has 24 heavy (non-hydrogen) atoms. The lowest BCUT2D eigenvalue weighted by atomic mass is 10.1. The molecule has 0 fully saturated rings. The second kappa shape index (κ2) is 9.10. The highest BCUT2D eigenvalue weighted by molar-refractivity contribution is 7.89. The molecule has 0 radical (unpaired) electrons. The van der Waals surface area contributed by atoms with Gasteiger partial charge in [0.15, 0.2) is 0 Å². The van der Waals surface area contributed by atoms with Crippen molar-refractivity contribution >= 4 is 15.7 Å². The second-order valence-corrected chi connectivity index (χ2v) is 8.20. The molecule has 1 aromatic rings. The SMILES string of the molecule is CNCCC[C@@H](C)N(CC(C)C)S(=O)(=O)c1ccc([N+](=O)[O-])cc1. The number of nitro groups is 1. The zero-order chi connectivity index (χ0) is 18.3. The van der Waals surface area contributed by atoms with Crippen LogP contribution in [0.2, 0.25) is 0 Å². The van der Waals surface area contributed by atoms with Crippen molar-refractivity contribution in [3.63, 3.8) is 0 Å². The Morgan fingerprint density at radius 3 is 2.25 bits per heavy atom. The quantitative estimate of drug-likeness (QED) is 0.395. The van der Waals surface area contributed by atoms with Crippen LogP contribution in [-0.2, 0) is 10.0 Å². The van der Waals surface area contributed by atoms with Gasteiger partial charge in [0.25, 0.3) is 5.69 Å². The van der Waals surface area contributed by atoms with Gasteiger partial charge < -0.3 is 5.32 Å². The Morgan fingerprint density at radius 1 is 1.21 bits per heavy atom. The van der Waals surface area contributed by atoms with E-state index in [1.165, 1.54) is 28.6 Å². The molecule has 1 N–H and O–H groups in total. The van der Waals surface area contributed by atoms with Gasteiger partial charge in [0.2, 0.25) is 10.0 Å². The third-order valence-electron chi connectivity index (χ3n) is 3.74. The Kier molecular flexibility index (Phi) is 7.78. The molecule has 0 bridgehead atoms. The average Bonchev–Trinajstić information content (AvgIpc) is 2.52. The van der Waals surface area contributed by atoms with Crippen molar-refractivity contribution in [1.29, 1.82) is 0 Å². The summed E-state index contributed by atoms with van der Waals surface area (Å²) >= 11 is 0. The van der Waals surface area contributed by atoms with E-state index in [1.807, 2.05) is 27.8 Å². The van der Waals surface area contributed by atoms with Crippen LogP contribution in [0.1, 0.15) is 33.6 Å². The topological polar surface area (TPSA) is 92.6 Å². The van der Waals surface area contributed by atoms with Gasteiger partial charge in [0, 0.05) is 24.7 Å². The minimum atomic E-state index is -3.68. The lowest BCUT2D eigenvalue weighted by Crippen LogP contribution is -2.41. The maximum Gasteiger partial charge on any atom is 0.269 e. The molecule has 0 aliphatic rings. The number of hydrogen-bond donors (Lipinski definition) is 1. The lowest BCUT2D eigenvalue weighted by molar-refractivity contribution is -0.384. The molecular formula is C16H27N3O4S. The van der Waals surface area contributed by atoms with Crippen molar-refractivity contribution in [3.8, 4) is 0 Å². The van der Waals surface area contributed by atoms with Gasteiger partial charge in [-0.05, 0) is 51.4 Å². The summed E-state index contributed by atoms with van der Waals surface area (Å²) in [6.07, 6.45) is 1.63. The van der Waals surface area contributed by atoms with Gasteiger partial charge in [-0.3, -0.25) is 10.1 Å². The molecule has 0 heterocycles. The van der Waals surface area contributed by atoms with Crippen LogP contribution in [0.25, 0.3) is 0 Å². The van der Waals surface area contributed by atoms with Gasteiger partial charge in [-0.2, -0.15) is 4.31 Å². The van der Waals surface area contributed by atoms with E-state index in [0.717, 1.165) is 19.4 Å². The first-order valence-corrected chi connectivity index (χ1v) is 9.55. The van der Waals surface area contributed by atoms with Crippen molar-refractivity contribution in [2.24, 2.45) is 5.92 Å². The number of nitro benzene ring substituents is 1. The number of nitrogens with one attached hydrogen (secondary N) is 1. The summed E-state index contributed by atoms with van der Waals surface area (Å²) < 4.78 is 27.4. The van der Waals surface area contributed by atoms with Gasteiger partial charge in [-0.25, -0.2) is 8.42 Å². The van der Waals surface area contributed by atoms with Crippen LogP contribution >= 0.6 is 0 Å². The number of benzene rings is 1. The fourth-order valence-electron chi connectivity index (χ4n) is 2.47. The smallest absolute Gasteiger partial charge is 0.269 e. The summed E-state index contributed by atoms with van der Waals surface area (Å²) in [4.78, 5) is 10.3. The van der Waals surface area contributed by atoms with Gasteiger partial charge >= 0.3 is 0 Å². The molecular weight excluding hydrogens is 330 g/mol. The number of rotatable bonds is 10. The molecule has 0 saturated carbocycles. The Hall–Kier alpha value is -1.51. The molecule has 7 nitrogen and oxygen atoms in total. The molecule has 1 rings (SSSR count). The van der Waals surface area contributed by atoms with Crippen LogP contribution in [0.4, 0.5) is 5.69 Å². The minimum absolute atomic E-state index is 0.0919. The molecule has 1 aromatic carbocycles. The largest absolute Gasteiger partial charge is 0.320 e. The molecule has 1 atom stereocenters. The third-order valence-corrected chi connectivity index (χ3v) is 5.73. The molecule has 0 unspecified atom stereocenters. The highest BCUT2D eigenvalue weighted by Crippen LogP contribution is 2.23. The number of hydrogen-bond acceptors (Lipinski definition) is 5. The average molecular weight is 357 g/mol. The first kappa shape index (κ1) is 20.5. The van der Waals surface area contributed by atoms with Crippen molar-refractivity contribution < 1.29 is 13.3 Å². The first-order chi connectivity index (χ1) is 11.2. The summed E-state index contributed by atoms with van der Waals surface area (Å²) in [5, 5.41) is 13.8. The van der Waals surface area contributed by atoms with E-state index in [-0.39, 0.29) is 22.5 Å². The zero-order valence-electron chi connectivity index (χ0n) is 14.7. The fourth-order valence-corrected chi connectivity index (χ4v) is 4.29. The first-order valence-electron chi connectivity index (χ1n) is 8.11. The Labute approximate surface area is 144 Å². The van der Waals surface area contributed by atoms with Crippen molar-refractivity contribution in [1.82, 2.24) is 9.62 Å².